The van der Waals surface area contributed by atoms with Crippen molar-refractivity contribution in [3.63, 3.8) is 0 Å². The van der Waals surface area contributed by atoms with Crippen LogP contribution in [0.15, 0.2) is 34.2 Å². The molecular formula is C11H12N4O2. The molecule has 6 nitrogen and oxygen atoms in total. The van der Waals surface area contributed by atoms with E-state index in [-0.39, 0.29) is 17.8 Å². The Kier molecular flexibility index (Phi) is 2.86. The highest BCUT2D eigenvalue weighted by Crippen LogP contribution is 1.96. The molecule has 0 N–H and O–H groups in total. The fourth-order valence-corrected chi connectivity index (χ4v) is 1.52. The summed E-state index contributed by atoms with van der Waals surface area (Å²) in [6.45, 7) is 1.99. The predicted octanol–water partition coefficient (Wildman–Crippen LogP) is -0.306. The van der Waals surface area contributed by atoms with Crippen LogP contribution in [0.5, 0.6) is 0 Å². The van der Waals surface area contributed by atoms with Gasteiger partial charge in [-0.1, -0.05) is 0 Å². The smallest absolute Gasteiger partial charge is 0.303 e. The molecule has 0 bridgehead atoms. The van der Waals surface area contributed by atoms with Crippen LogP contribution in [0, 0.1) is 6.92 Å². The standard InChI is InChI=1S/C11H12N4O2/c1-8-5-9(13-7-12-8)6-15-10(16)3-4-14(2)11(15)17/h3-5,7H,6H2,1-2H3. The molecule has 2 heterocycles. The second kappa shape index (κ2) is 4.32. The fourth-order valence-electron chi connectivity index (χ4n) is 1.52. The van der Waals surface area contributed by atoms with Gasteiger partial charge in [-0.25, -0.2) is 14.8 Å². The average Bonchev–Trinajstić information content (AvgIpc) is 2.30. The molecule has 0 radical (unpaired) electrons. The summed E-state index contributed by atoms with van der Waals surface area (Å²) < 4.78 is 2.50. The lowest BCUT2D eigenvalue weighted by molar-refractivity contribution is 0.629. The molecular weight excluding hydrogens is 220 g/mol. The lowest BCUT2D eigenvalue weighted by Crippen LogP contribution is -2.38. The SMILES string of the molecule is Cc1cc(Cn2c(=O)ccn(C)c2=O)ncn1. The summed E-state index contributed by atoms with van der Waals surface area (Å²) in [6.07, 6.45) is 2.87. The van der Waals surface area contributed by atoms with Crippen LogP contribution < -0.4 is 11.2 Å². The van der Waals surface area contributed by atoms with E-state index in [1.165, 1.54) is 23.2 Å². The van der Waals surface area contributed by atoms with Crippen LogP contribution in [-0.2, 0) is 13.6 Å². The number of nitrogens with zero attached hydrogens (tertiary/aromatic N) is 4. The maximum atomic E-state index is 11.8. The van der Waals surface area contributed by atoms with Gasteiger partial charge in [-0.2, -0.15) is 0 Å². The minimum atomic E-state index is -0.353. The highest BCUT2D eigenvalue weighted by atomic mass is 16.2. The van der Waals surface area contributed by atoms with Crippen LogP contribution in [0.3, 0.4) is 0 Å². The van der Waals surface area contributed by atoms with E-state index in [9.17, 15) is 9.59 Å². The van der Waals surface area contributed by atoms with Gasteiger partial charge in [0.05, 0.1) is 12.2 Å². The minimum absolute atomic E-state index is 0.162. The fraction of sp³-hybridized carbons (Fsp3) is 0.273. The molecule has 0 aliphatic carbocycles. The summed E-state index contributed by atoms with van der Waals surface area (Å²) >= 11 is 0. The Labute approximate surface area is 97.2 Å². The van der Waals surface area contributed by atoms with Gasteiger partial charge < -0.3 is 4.57 Å². The van der Waals surface area contributed by atoms with E-state index in [0.717, 1.165) is 10.3 Å². The maximum Gasteiger partial charge on any atom is 0.331 e. The number of aryl methyl sites for hydroxylation is 2. The van der Waals surface area contributed by atoms with Gasteiger partial charge >= 0.3 is 5.69 Å². The molecule has 0 saturated carbocycles. The van der Waals surface area contributed by atoms with E-state index >= 15 is 0 Å². The summed E-state index contributed by atoms with van der Waals surface area (Å²) in [4.78, 5) is 31.3. The Morgan fingerprint density at radius 3 is 2.76 bits per heavy atom. The van der Waals surface area contributed by atoms with Crippen LogP contribution in [0.1, 0.15) is 11.4 Å². The van der Waals surface area contributed by atoms with Crippen molar-refractivity contribution in [3.8, 4) is 0 Å². The Morgan fingerprint density at radius 2 is 2.06 bits per heavy atom. The van der Waals surface area contributed by atoms with Crippen molar-refractivity contribution in [2.45, 2.75) is 13.5 Å². The summed E-state index contributed by atoms with van der Waals surface area (Å²) in [7, 11) is 1.60. The molecule has 2 aromatic heterocycles. The zero-order chi connectivity index (χ0) is 12.4. The van der Waals surface area contributed by atoms with Crippen molar-refractivity contribution in [2.24, 2.45) is 7.05 Å². The molecule has 0 aliphatic rings. The maximum absolute atomic E-state index is 11.8. The largest absolute Gasteiger partial charge is 0.331 e. The number of aromatic nitrogens is 4. The first-order valence-electron chi connectivity index (χ1n) is 5.12. The molecule has 0 fully saturated rings. The molecule has 0 atom stereocenters. The second-order valence-corrected chi connectivity index (χ2v) is 3.78. The van der Waals surface area contributed by atoms with E-state index in [4.69, 9.17) is 0 Å². The highest BCUT2D eigenvalue weighted by molar-refractivity contribution is 5.07. The quantitative estimate of drug-likeness (QED) is 0.712. The van der Waals surface area contributed by atoms with E-state index in [1.54, 1.807) is 13.1 Å². The molecule has 88 valence electrons. The molecule has 0 aliphatic heterocycles. The Bertz CT molecular complexity index is 657. The van der Waals surface area contributed by atoms with Crippen LogP contribution in [0.25, 0.3) is 0 Å². The van der Waals surface area contributed by atoms with Crippen molar-refractivity contribution in [3.05, 3.63) is 56.9 Å². The van der Waals surface area contributed by atoms with Crippen molar-refractivity contribution < 1.29 is 0 Å². The monoisotopic (exact) mass is 232 g/mol. The normalized spacial score (nSPS) is 10.5. The van der Waals surface area contributed by atoms with E-state index < -0.39 is 0 Å². The lowest BCUT2D eigenvalue weighted by Gasteiger charge is -2.05. The van der Waals surface area contributed by atoms with Gasteiger partial charge in [0.2, 0.25) is 0 Å². The summed E-state index contributed by atoms with van der Waals surface area (Å²) in [6, 6.07) is 3.11. The molecule has 0 amide bonds. The van der Waals surface area contributed by atoms with E-state index in [2.05, 4.69) is 9.97 Å². The first-order valence-corrected chi connectivity index (χ1v) is 5.12. The molecule has 0 saturated heterocycles. The van der Waals surface area contributed by atoms with Gasteiger partial charge in [-0.3, -0.25) is 9.36 Å². The predicted molar refractivity (Wildman–Crippen MR) is 61.8 cm³/mol. The van der Waals surface area contributed by atoms with E-state index in [0.29, 0.717) is 5.69 Å². The van der Waals surface area contributed by atoms with Gasteiger partial charge in [0, 0.05) is 25.0 Å². The Morgan fingerprint density at radius 1 is 1.29 bits per heavy atom. The van der Waals surface area contributed by atoms with Crippen molar-refractivity contribution >= 4 is 0 Å². The van der Waals surface area contributed by atoms with E-state index in [1.807, 2.05) is 6.92 Å². The summed E-state index contributed by atoms with van der Waals surface area (Å²) in [5.41, 5.74) is 0.761. The Balaban J connectivity index is 2.47. The summed E-state index contributed by atoms with van der Waals surface area (Å²) in [5, 5.41) is 0. The number of rotatable bonds is 2. The molecule has 0 spiro atoms. The zero-order valence-corrected chi connectivity index (χ0v) is 9.62. The van der Waals surface area contributed by atoms with Crippen molar-refractivity contribution in [1.29, 1.82) is 0 Å². The molecule has 6 heteroatoms. The number of hydrogen-bond donors (Lipinski definition) is 0. The van der Waals surface area contributed by atoms with Gasteiger partial charge in [0.25, 0.3) is 5.56 Å². The van der Waals surface area contributed by atoms with Gasteiger partial charge in [-0.05, 0) is 13.0 Å². The molecule has 0 unspecified atom stereocenters. The number of hydrogen-bond acceptors (Lipinski definition) is 4. The van der Waals surface area contributed by atoms with Crippen molar-refractivity contribution in [2.75, 3.05) is 0 Å². The third-order valence-electron chi connectivity index (χ3n) is 2.42. The molecule has 2 rings (SSSR count). The Hall–Kier alpha value is -2.24. The second-order valence-electron chi connectivity index (χ2n) is 3.78. The zero-order valence-electron chi connectivity index (χ0n) is 9.62. The average molecular weight is 232 g/mol. The summed E-state index contributed by atoms with van der Waals surface area (Å²) in [5.74, 6) is 0. The van der Waals surface area contributed by atoms with Gasteiger partial charge in [0.1, 0.15) is 6.33 Å². The van der Waals surface area contributed by atoms with Crippen molar-refractivity contribution in [1.82, 2.24) is 19.1 Å². The third kappa shape index (κ3) is 2.30. The van der Waals surface area contributed by atoms with Crippen LogP contribution in [0.2, 0.25) is 0 Å². The first-order chi connectivity index (χ1) is 8.08. The van der Waals surface area contributed by atoms with Gasteiger partial charge in [-0.15, -0.1) is 0 Å². The lowest BCUT2D eigenvalue weighted by atomic mass is 10.3. The first kappa shape index (κ1) is 11.3. The minimum Gasteiger partial charge on any atom is -0.303 e. The highest BCUT2D eigenvalue weighted by Gasteiger charge is 2.04. The van der Waals surface area contributed by atoms with Gasteiger partial charge in [0.15, 0.2) is 0 Å². The van der Waals surface area contributed by atoms with Crippen LogP contribution in [0.4, 0.5) is 0 Å². The molecule has 17 heavy (non-hydrogen) atoms. The topological polar surface area (TPSA) is 69.8 Å². The van der Waals surface area contributed by atoms with Crippen LogP contribution >= 0.6 is 0 Å². The molecule has 2 aromatic rings. The van der Waals surface area contributed by atoms with Crippen LogP contribution in [-0.4, -0.2) is 19.1 Å². The molecule has 0 aromatic carbocycles. The third-order valence-corrected chi connectivity index (χ3v) is 2.42.